The molecule has 0 spiro atoms. The van der Waals surface area contributed by atoms with E-state index < -0.39 is 18.2 Å². The molecule has 1 saturated carbocycles. The molecule has 2 aliphatic rings. The number of aliphatic imine (C=N–C) groups is 1. The van der Waals surface area contributed by atoms with E-state index >= 15 is 0 Å². The molecular weight excluding hydrogens is 212 g/mol. The lowest BCUT2D eigenvalue weighted by Crippen LogP contribution is -2.47. The molecular formula is C9H14N4O3. The van der Waals surface area contributed by atoms with E-state index in [1.807, 2.05) is 0 Å². The molecule has 0 aromatic heterocycles. The first-order chi connectivity index (χ1) is 7.69. The summed E-state index contributed by atoms with van der Waals surface area (Å²) < 4.78 is 5.30. The molecule has 88 valence electrons. The Morgan fingerprint density at radius 2 is 2.12 bits per heavy atom. The van der Waals surface area contributed by atoms with Gasteiger partial charge in [-0.3, -0.25) is 15.7 Å². The molecule has 16 heavy (non-hydrogen) atoms. The molecule has 0 radical (unpaired) electrons. The number of fused-ring (bicyclic) bond motifs is 2. The SMILES string of the molecule is N=CN=C1OC[C@H]2C[C@H]([C@H](O)[C@@H]2O)N1C=N. The first-order valence-electron chi connectivity index (χ1n) is 5.03. The van der Waals surface area contributed by atoms with E-state index in [1.165, 1.54) is 4.90 Å². The van der Waals surface area contributed by atoms with Gasteiger partial charge in [-0.1, -0.05) is 0 Å². The Hall–Kier alpha value is -1.47. The van der Waals surface area contributed by atoms with Gasteiger partial charge in [-0.2, -0.15) is 4.99 Å². The summed E-state index contributed by atoms with van der Waals surface area (Å²) in [5.41, 5.74) is 0. The van der Waals surface area contributed by atoms with Crippen LogP contribution in [0.5, 0.6) is 0 Å². The molecule has 1 saturated heterocycles. The van der Waals surface area contributed by atoms with Crippen LogP contribution in [-0.4, -0.2) is 58.7 Å². The fourth-order valence-corrected chi connectivity index (χ4v) is 2.25. The number of nitrogens with zero attached hydrogens (tertiary/aromatic N) is 2. The topological polar surface area (TPSA) is 113 Å². The summed E-state index contributed by atoms with van der Waals surface area (Å²) in [5, 5.41) is 33.7. The van der Waals surface area contributed by atoms with Crippen LogP contribution in [-0.2, 0) is 4.74 Å². The molecule has 1 aliphatic carbocycles. The van der Waals surface area contributed by atoms with Crippen molar-refractivity contribution in [2.24, 2.45) is 10.9 Å². The predicted molar refractivity (Wildman–Crippen MR) is 56.7 cm³/mol. The smallest absolute Gasteiger partial charge is 0.299 e. The van der Waals surface area contributed by atoms with Crippen LogP contribution in [0.25, 0.3) is 0 Å². The van der Waals surface area contributed by atoms with Crippen LogP contribution < -0.4 is 0 Å². The van der Waals surface area contributed by atoms with Crippen LogP contribution in [0.15, 0.2) is 4.99 Å². The van der Waals surface area contributed by atoms with Crippen LogP contribution >= 0.6 is 0 Å². The van der Waals surface area contributed by atoms with Crippen molar-refractivity contribution in [2.75, 3.05) is 6.61 Å². The number of ether oxygens (including phenoxy) is 1. The molecule has 4 atom stereocenters. The number of rotatable bonds is 2. The molecule has 0 aromatic carbocycles. The first-order valence-corrected chi connectivity index (χ1v) is 5.03. The van der Waals surface area contributed by atoms with E-state index in [1.54, 1.807) is 0 Å². The Morgan fingerprint density at radius 3 is 2.75 bits per heavy atom. The van der Waals surface area contributed by atoms with Gasteiger partial charge in [0.25, 0.3) is 6.02 Å². The highest BCUT2D eigenvalue weighted by Gasteiger charge is 2.47. The molecule has 7 nitrogen and oxygen atoms in total. The van der Waals surface area contributed by atoms with Crippen molar-refractivity contribution in [2.45, 2.75) is 24.7 Å². The van der Waals surface area contributed by atoms with Gasteiger partial charge in [-0.15, -0.1) is 0 Å². The van der Waals surface area contributed by atoms with E-state index in [9.17, 15) is 10.2 Å². The third-order valence-corrected chi connectivity index (χ3v) is 3.09. The first kappa shape index (κ1) is 11.0. The van der Waals surface area contributed by atoms with Crippen LogP contribution in [0, 0.1) is 16.7 Å². The predicted octanol–water partition coefficient (Wildman–Crippen LogP) is -1.00. The van der Waals surface area contributed by atoms with Crippen LogP contribution in [0.2, 0.25) is 0 Å². The number of aliphatic hydroxyl groups excluding tert-OH is 2. The average Bonchev–Trinajstić information content (AvgIpc) is 2.49. The Kier molecular flexibility index (Phi) is 2.88. The van der Waals surface area contributed by atoms with E-state index in [0.717, 1.165) is 12.7 Å². The monoisotopic (exact) mass is 226 g/mol. The second-order valence-electron chi connectivity index (χ2n) is 3.93. The van der Waals surface area contributed by atoms with Gasteiger partial charge < -0.3 is 14.9 Å². The zero-order chi connectivity index (χ0) is 11.7. The second-order valence-corrected chi connectivity index (χ2v) is 3.93. The van der Waals surface area contributed by atoms with Gasteiger partial charge in [-0.25, -0.2) is 0 Å². The molecule has 2 bridgehead atoms. The normalized spacial score (nSPS) is 40.4. The Morgan fingerprint density at radius 1 is 1.38 bits per heavy atom. The van der Waals surface area contributed by atoms with Crippen molar-refractivity contribution in [1.29, 1.82) is 10.8 Å². The van der Waals surface area contributed by atoms with Gasteiger partial charge in [0.2, 0.25) is 0 Å². The third-order valence-electron chi connectivity index (χ3n) is 3.09. The molecule has 4 N–H and O–H groups in total. The molecule has 2 fully saturated rings. The van der Waals surface area contributed by atoms with E-state index in [4.69, 9.17) is 15.6 Å². The van der Waals surface area contributed by atoms with E-state index in [0.29, 0.717) is 6.42 Å². The van der Waals surface area contributed by atoms with Crippen molar-refractivity contribution < 1.29 is 14.9 Å². The van der Waals surface area contributed by atoms with Crippen LogP contribution in [0.3, 0.4) is 0 Å². The number of nitrogens with one attached hydrogen (secondary N) is 2. The van der Waals surface area contributed by atoms with Crippen molar-refractivity contribution in [3.8, 4) is 0 Å². The van der Waals surface area contributed by atoms with Gasteiger partial charge in [0.15, 0.2) is 0 Å². The van der Waals surface area contributed by atoms with E-state index in [2.05, 4.69) is 4.99 Å². The number of hydrogen-bond donors (Lipinski definition) is 4. The van der Waals surface area contributed by atoms with Gasteiger partial charge in [0, 0.05) is 5.92 Å². The van der Waals surface area contributed by atoms with Crippen molar-refractivity contribution >= 4 is 18.7 Å². The summed E-state index contributed by atoms with van der Waals surface area (Å²) in [7, 11) is 0. The Bertz CT molecular complexity index is 333. The summed E-state index contributed by atoms with van der Waals surface area (Å²) in [5.74, 6) is -0.152. The highest BCUT2D eigenvalue weighted by molar-refractivity contribution is 5.90. The number of amidine groups is 1. The molecule has 0 aromatic rings. The van der Waals surface area contributed by atoms with Gasteiger partial charge in [0.05, 0.1) is 25.1 Å². The summed E-state index contributed by atoms with van der Waals surface area (Å²) >= 11 is 0. The van der Waals surface area contributed by atoms with E-state index in [-0.39, 0.29) is 18.5 Å². The van der Waals surface area contributed by atoms with Crippen LogP contribution in [0.1, 0.15) is 6.42 Å². The van der Waals surface area contributed by atoms with Gasteiger partial charge >= 0.3 is 0 Å². The minimum Gasteiger partial charge on any atom is -0.464 e. The molecule has 0 amide bonds. The fraction of sp³-hybridized carbons (Fsp3) is 0.667. The lowest BCUT2D eigenvalue weighted by molar-refractivity contribution is -0.0146. The van der Waals surface area contributed by atoms with Gasteiger partial charge in [0.1, 0.15) is 12.4 Å². The van der Waals surface area contributed by atoms with Crippen molar-refractivity contribution in [3.63, 3.8) is 0 Å². The summed E-state index contributed by atoms with van der Waals surface area (Å²) in [6.45, 7) is 0.242. The number of aliphatic hydroxyl groups is 2. The Balaban J connectivity index is 2.30. The summed E-state index contributed by atoms with van der Waals surface area (Å²) in [6.07, 6.45) is 0.638. The lowest BCUT2D eigenvalue weighted by Gasteiger charge is -2.29. The van der Waals surface area contributed by atoms with Crippen molar-refractivity contribution in [1.82, 2.24) is 4.90 Å². The van der Waals surface area contributed by atoms with Crippen molar-refractivity contribution in [3.05, 3.63) is 0 Å². The quantitative estimate of drug-likeness (QED) is 0.357. The maximum Gasteiger partial charge on any atom is 0.299 e. The molecule has 1 aliphatic heterocycles. The standard InChI is InChI=1S/C9H14N4O3/c10-3-12-9-13(4-11)6-1-5(2-16-9)7(14)8(6)15/h3-8,10-11,14-15H,1-2H2/t5-,6-,7-,8+/m1/s1. The maximum atomic E-state index is 9.82. The molecule has 1 heterocycles. The molecule has 0 unspecified atom stereocenters. The zero-order valence-corrected chi connectivity index (χ0v) is 8.58. The maximum absolute atomic E-state index is 9.82. The Labute approximate surface area is 92.4 Å². The second kappa shape index (κ2) is 4.18. The minimum absolute atomic E-state index is 0.128. The largest absolute Gasteiger partial charge is 0.464 e. The van der Waals surface area contributed by atoms with Gasteiger partial charge in [-0.05, 0) is 6.42 Å². The average molecular weight is 226 g/mol. The lowest BCUT2D eigenvalue weighted by atomic mass is 10.1. The summed E-state index contributed by atoms with van der Waals surface area (Å²) in [6, 6.07) is -0.276. The highest BCUT2D eigenvalue weighted by Crippen LogP contribution is 2.33. The minimum atomic E-state index is -0.911. The van der Waals surface area contributed by atoms with Crippen LogP contribution in [0.4, 0.5) is 0 Å². The third kappa shape index (κ3) is 1.57. The highest BCUT2D eigenvalue weighted by atomic mass is 16.5. The zero-order valence-electron chi connectivity index (χ0n) is 8.58. The number of hydrogen-bond acceptors (Lipinski definition) is 5. The molecule has 7 heteroatoms. The summed E-state index contributed by atoms with van der Waals surface area (Å²) in [4.78, 5) is 5.05. The molecule has 2 rings (SSSR count). The fourth-order valence-electron chi connectivity index (χ4n) is 2.25.